The van der Waals surface area contributed by atoms with Crippen LogP contribution in [0.15, 0.2) is 24.3 Å². The molecule has 0 aliphatic rings. The van der Waals surface area contributed by atoms with Crippen LogP contribution in [0, 0.1) is 18.3 Å². The van der Waals surface area contributed by atoms with Crippen molar-refractivity contribution in [2.45, 2.75) is 118 Å². The fraction of sp³-hybridized carbons (Fsp3) is 0.647. The van der Waals surface area contributed by atoms with Crippen molar-refractivity contribution in [1.82, 2.24) is 15.5 Å². The molecule has 0 spiro atoms. The molecule has 3 atom stereocenters. The summed E-state index contributed by atoms with van der Waals surface area (Å²) in [6, 6.07) is 5.01. The molecule has 1 aromatic rings. The van der Waals surface area contributed by atoms with Crippen LogP contribution in [0.4, 0.5) is 4.79 Å². The van der Waals surface area contributed by atoms with Crippen LogP contribution in [-0.4, -0.2) is 60.1 Å². The number of rotatable bonds is 18. The number of ether oxygens (including phenoxy) is 2. The van der Waals surface area contributed by atoms with Gasteiger partial charge in [-0.05, 0) is 57.7 Å². The van der Waals surface area contributed by atoms with E-state index in [2.05, 4.69) is 23.5 Å². The first-order valence-corrected chi connectivity index (χ1v) is 15.7. The normalized spacial score (nSPS) is 13.2. The molecule has 0 bridgehead atoms. The molecule has 0 saturated heterocycles. The van der Waals surface area contributed by atoms with Crippen LogP contribution in [0.5, 0.6) is 0 Å². The summed E-state index contributed by atoms with van der Waals surface area (Å²) in [5.41, 5.74) is 0.473. The molecule has 0 aromatic heterocycles. The predicted octanol–water partition coefficient (Wildman–Crippen LogP) is 5.91. The van der Waals surface area contributed by atoms with Crippen LogP contribution in [-0.2, 0) is 23.9 Å². The number of alkyl carbamates (subject to hydrolysis) is 1. The van der Waals surface area contributed by atoms with Crippen molar-refractivity contribution >= 4 is 23.9 Å². The molecule has 1 rings (SSSR count). The Balaban J connectivity index is 3.48. The zero-order valence-electron chi connectivity index (χ0n) is 27.3. The number of unbranched alkanes of at least 4 members (excludes halogenated alkanes) is 5. The van der Waals surface area contributed by atoms with Gasteiger partial charge in [-0.25, -0.2) is 4.79 Å². The predicted molar refractivity (Wildman–Crippen MR) is 169 cm³/mol. The number of esters is 1. The van der Waals surface area contributed by atoms with E-state index in [0.29, 0.717) is 30.5 Å². The summed E-state index contributed by atoms with van der Waals surface area (Å²) in [4.78, 5) is 54.5. The monoisotopic (exact) mass is 599 g/mol. The summed E-state index contributed by atoms with van der Waals surface area (Å²) >= 11 is 0. The summed E-state index contributed by atoms with van der Waals surface area (Å²) in [6.45, 7) is 13.6. The zero-order valence-corrected chi connectivity index (χ0v) is 27.3. The second-order valence-corrected chi connectivity index (χ2v) is 11.8. The Morgan fingerprint density at radius 1 is 0.977 bits per heavy atom. The van der Waals surface area contributed by atoms with E-state index in [1.54, 1.807) is 56.9 Å². The molecule has 0 fully saturated rings. The first kappa shape index (κ1) is 37.5. The van der Waals surface area contributed by atoms with E-state index in [4.69, 9.17) is 15.9 Å². The van der Waals surface area contributed by atoms with Crippen molar-refractivity contribution in [2.24, 2.45) is 5.92 Å². The molecule has 0 saturated carbocycles. The van der Waals surface area contributed by atoms with Crippen molar-refractivity contribution < 1.29 is 28.7 Å². The topological polar surface area (TPSA) is 114 Å². The number of benzene rings is 1. The number of nitrogens with one attached hydrogen (secondary N) is 2. The van der Waals surface area contributed by atoms with Gasteiger partial charge in [-0.3, -0.25) is 14.4 Å². The van der Waals surface area contributed by atoms with Gasteiger partial charge in [-0.15, -0.1) is 6.42 Å². The summed E-state index contributed by atoms with van der Waals surface area (Å²) in [5, 5.41) is 5.61. The maximum atomic E-state index is 14.4. The lowest BCUT2D eigenvalue weighted by Gasteiger charge is -2.36. The highest BCUT2D eigenvalue weighted by Gasteiger charge is 2.38. The molecule has 9 heteroatoms. The fourth-order valence-electron chi connectivity index (χ4n) is 4.58. The van der Waals surface area contributed by atoms with Gasteiger partial charge in [0.15, 0.2) is 0 Å². The van der Waals surface area contributed by atoms with Gasteiger partial charge < -0.3 is 25.0 Å². The summed E-state index contributed by atoms with van der Waals surface area (Å²) < 4.78 is 10.5. The Kier molecular flexibility index (Phi) is 17.1. The van der Waals surface area contributed by atoms with Crippen molar-refractivity contribution in [1.29, 1.82) is 0 Å². The van der Waals surface area contributed by atoms with Gasteiger partial charge in [0.05, 0.1) is 13.0 Å². The number of amides is 3. The zero-order chi connectivity index (χ0) is 32.4. The summed E-state index contributed by atoms with van der Waals surface area (Å²) in [5.74, 6) is 1.12. The van der Waals surface area contributed by atoms with Crippen molar-refractivity contribution in [3.05, 3.63) is 35.4 Å². The maximum absolute atomic E-state index is 14.4. The van der Waals surface area contributed by atoms with Gasteiger partial charge in [-0.2, -0.15) is 0 Å². The largest absolute Gasteiger partial charge is 0.466 e. The van der Waals surface area contributed by atoms with Crippen molar-refractivity contribution in [2.75, 3.05) is 19.7 Å². The van der Waals surface area contributed by atoms with E-state index in [9.17, 15) is 19.2 Å². The first-order valence-electron chi connectivity index (χ1n) is 15.7. The Morgan fingerprint density at radius 2 is 1.60 bits per heavy atom. The average molecular weight is 600 g/mol. The van der Waals surface area contributed by atoms with E-state index in [1.807, 2.05) is 13.8 Å². The highest BCUT2D eigenvalue weighted by molar-refractivity contribution is 5.92. The van der Waals surface area contributed by atoms with Crippen LogP contribution in [0.25, 0.3) is 0 Å². The molecule has 0 aliphatic carbocycles. The number of hydrogen-bond acceptors (Lipinski definition) is 6. The molecular weight excluding hydrogens is 546 g/mol. The van der Waals surface area contributed by atoms with Gasteiger partial charge in [0, 0.05) is 18.7 Å². The molecule has 9 nitrogen and oxygen atoms in total. The molecule has 43 heavy (non-hydrogen) atoms. The summed E-state index contributed by atoms with van der Waals surface area (Å²) in [7, 11) is 0. The third-order valence-electron chi connectivity index (χ3n) is 7.07. The lowest BCUT2D eigenvalue weighted by atomic mass is 9.95. The van der Waals surface area contributed by atoms with Crippen molar-refractivity contribution in [3.8, 4) is 12.3 Å². The minimum Gasteiger partial charge on any atom is -0.466 e. The highest BCUT2D eigenvalue weighted by Crippen LogP contribution is 2.26. The molecule has 0 aliphatic heterocycles. The minimum absolute atomic E-state index is 0.00337. The molecule has 0 heterocycles. The molecule has 3 amide bonds. The van der Waals surface area contributed by atoms with Gasteiger partial charge in [0.1, 0.15) is 17.7 Å². The maximum Gasteiger partial charge on any atom is 0.408 e. The van der Waals surface area contributed by atoms with Gasteiger partial charge in [0.2, 0.25) is 11.8 Å². The smallest absolute Gasteiger partial charge is 0.408 e. The molecular formula is C34H53N3O6. The number of carbonyl (C=O) groups is 4. The highest BCUT2D eigenvalue weighted by atomic mass is 16.6. The molecule has 0 radical (unpaired) electrons. The molecule has 1 aromatic carbocycles. The Bertz CT molecular complexity index is 1060. The van der Waals surface area contributed by atoms with E-state index in [-0.39, 0.29) is 31.4 Å². The fourth-order valence-corrected chi connectivity index (χ4v) is 4.58. The van der Waals surface area contributed by atoms with Crippen molar-refractivity contribution in [3.63, 3.8) is 0 Å². The number of hydrogen-bond donors (Lipinski definition) is 2. The quantitative estimate of drug-likeness (QED) is 0.123. The van der Waals surface area contributed by atoms with Gasteiger partial charge in [0.25, 0.3) is 0 Å². The standard InChI is InChI=1S/C34H53N3O6/c1-9-13-14-15-16-17-24-37(32(40)29(25(5)10-2)36-33(41)43-34(6,7)8)30(27-20-18-26(11-3)19-21-27)31(39)35-23-22-28(38)42-12-4/h3,18-21,25,29-30H,9-10,12-17,22-24H2,1-2,4-8H3,(H,35,39)(H,36,41). The van der Waals surface area contributed by atoms with E-state index in [1.165, 1.54) is 0 Å². The Hall–Kier alpha value is -3.54. The SMILES string of the molecule is C#Cc1ccc(C(C(=O)NCCC(=O)OCC)N(CCCCCCCC)C(=O)C(NC(=O)OC(C)(C)C)C(C)CC)cc1. The number of nitrogens with zero attached hydrogens (tertiary/aromatic N) is 1. The van der Waals surface area contributed by atoms with Crippen LogP contribution in [0.3, 0.4) is 0 Å². The summed E-state index contributed by atoms with van der Waals surface area (Å²) in [6.07, 6.45) is 11.5. The third kappa shape index (κ3) is 14.0. The lowest BCUT2D eigenvalue weighted by molar-refractivity contribution is -0.145. The second kappa shape index (κ2) is 19.6. The third-order valence-corrected chi connectivity index (χ3v) is 7.07. The molecule has 240 valence electrons. The van der Waals surface area contributed by atoms with Gasteiger partial charge >= 0.3 is 12.1 Å². The second-order valence-electron chi connectivity index (χ2n) is 11.8. The minimum atomic E-state index is -1.01. The van der Waals surface area contributed by atoms with Crippen LogP contribution in [0.2, 0.25) is 0 Å². The number of carbonyl (C=O) groups excluding carboxylic acids is 4. The Labute approximate surface area is 258 Å². The Morgan fingerprint density at radius 3 is 2.16 bits per heavy atom. The van der Waals surface area contributed by atoms with E-state index < -0.39 is 35.7 Å². The van der Waals surface area contributed by atoms with E-state index in [0.717, 1.165) is 32.1 Å². The molecule has 2 N–H and O–H groups in total. The first-order chi connectivity index (χ1) is 20.4. The molecule has 3 unspecified atom stereocenters. The average Bonchev–Trinajstić information content (AvgIpc) is 2.95. The van der Waals surface area contributed by atoms with Gasteiger partial charge in [-0.1, -0.05) is 77.3 Å². The number of terminal acetylenes is 1. The van der Waals surface area contributed by atoms with Crippen LogP contribution >= 0.6 is 0 Å². The van der Waals surface area contributed by atoms with Crippen LogP contribution in [0.1, 0.15) is 117 Å². The van der Waals surface area contributed by atoms with E-state index >= 15 is 0 Å². The van der Waals surface area contributed by atoms with Crippen LogP contribution < -0.4 is 10.6 Å². The lowest BCUT2D eigenvalue weighted by Crippen LogP contribution is -2.55.